The highest BCUT2D eigenvalue weighted by molar-refractivity contribution is 6.01. The Balaban J connectivity index is 1.97. The van der Waals surface area contributed by atoms with Crippen LogP contribution in [0.1, 0.15) is 16.1 Å². The standard InChI is InChI=1S/C21H17NO3/c1-25-20-17-11-4-5-12-18(17)22(19(20)21(23)24)13-15-9-6-8-14-7-2-3-10-16(14)15/h2-12H,13H2,1H3,(H,23,24). The van der Waals surface area contributed by atoms with Crippen LogP contribution in [0.15, 0.2) is 66.7 Å². The largest absolute Gasteiger partial charge is 0.494 e. The molecule has 0 aliphatic heterocycles. The molecule has 0 aliphatic carbocycles. The summed E-state index contributed by atoms with van der Waals surface area (Å²) in [5, 5.41) is 12.8. The van der Waals surface area contributed by atoms with Crippen LogP contribution in [0, 0.1) is 0 Å². The highest BCUT2D eigenvalue weighted by Gasteiger charge is 2.23. The van der Waals surface area contributed by atoms with Gasteiger partial charge >= 0.3 is 5.97 Å². The fourth-order valence-corrected chi connectivity index (χ4v) is 3.46. The summed E-state index contributed by atoms with van der Waals surface area (Å²) in [6.45, 7) is 0.465. The fourth-order valence-electron chi connectivity index (χ4n) is 3.46. The summed E-state index contributed by atoms with van der Waals surface area (Å²) in [5.41, 5.74) is 2.10. The second kappa shape index (κ2) is 5.98. The molecule has 4 nitrogen and oxygen atoms in total. The SMILES string of the molecule is COc1c(C(=O)O)n(Cc2cccc3ccccc23)c2ccccc12. The third kappa shape index (κ3) is 2.43. The Morgan fingerprint density at radius 2 is 1.64 bits per heavy atom. The first-order valence-corrected chi connectivity index (χ1v) is 8.06. The summed E-state index contributed by atoms with van der Waals surface area (Å²) >= 11 is 0. The molecule has 1 N–H and O–H groups in total. The predicted octanol–water partition coefficient (Wildman–Crippen LogP) is 4.55. The van der Waals surface area contributed by atoms with Crippen molar-refractivity contribution in [1.29, 1.82) is 0 Å². The second-order valence-electron chi connectivity index (χ2n) is 5.93. The minimum atomic E-state index is -0.992. The molecule has 0 saturated carbocycles. The molecular formula is C21H17NO3. The zero-order valence-electron chi connectivity index (χ0n) is 13.8. The molecule has 0 unspecified atom stereocenters. The van der Waals surface area contributed by atoms with Crippen molar-refractivity contribution < 1.29 is 14.6 Å². The zero-order valence-corrected chi connectivity index (χ0v) is 13.8. The van der Waals surface area contributed by atoms with Gasteiger partial charge in [0.25, 0.3) is 0 Å². The van der Waals surface area contributed by atoms with Crippen molar-refractivity contribution in [3.63, 3.8) is 0 Å². The molecule has 3 aromatic carbocycles. The van der Waals surface area contributed by atoms with E-state index in [0.717, 1.165) is 27.2 Å². The molecule has 0 aliphatic rings. The van der Waals surface area contributed by atoms with Gasteiger partial charge in [-0.3, -0.25) is 0 Å². The number of carboxylic acid groups (broad SMARTS) is 1. The maximum absolute atomic E-state index is 11.9. The lowest BCUT2D eigenvalue weighted by Gasteiger charge is -2.11. The molecule has 0 bridgehead atoms. The molecule has 0 amide bonds. The van der Waals surface area contributed by atoms with Crippen LogP contribution in [0.2, 0.25) is 0 Å². The lowest BCUT2D eigenvalue weighted by Crippen LogP contribution is -2.10. The Morgan fingerprint density at radius 3 is 2.40 bits per heavy atom. The molecule has 0 saturated heterocycles. The third-order valence-corrected chi connectivity index (χ3v) is 4.54. The fraction of sp³-hybridized carbons (Fsp3) is 0.0952. The van der Waals surface area contributed by atoms with Crippen molar-refractivity contribution in [2.75, 3.05) is 7.11 Å². The van der Waals surface area contributed by atoms with Crippen LogP contribution in [-0.4, -0.2) is 22.8 Å². The van der Waals surface area contributed by atoms with Gasteiger partial charge in [-0.15, -0.1) is 0 Å². The van der Waals surface area contributed by atoms with Crippen LogP contribution < -0.4 is 4.74 Å². The van der Waals surface area contributed by atoms with Crippen LogP contribution in [0.25, 0.3) is 21.7 Å². The number of rotatable bonds is 4. The van der Waals surface area contributed by atoms with E-state index >= 15 is 0 Å². The molecule has 124 valence electrons. The van der Waals surface area contributed by atoms with Crippen molar-refractivity contribution in [2.24, 2.45) is 0 Å². The molecule has 4 aromatic rings. The van der Waals surface area contributed by atoms with Gasteiger partial charge in [0.2, 0.25) is 0 Å². The third-order valence-electron chi connectivity index (χ3n) is 4.54. The average Bonchev–Trinajstić information content (AvgIpc) is 2.96. The molecule has 0 atom stereocenters. The minimum absolute atomic E-state index is 0.177. The number of hydrogen-bond acceptors (Lipinski definition) is 2. The van der Waals surface area contributed by atoms with Gasteiger partial charge in [-0.25, -0.2) is 4.79 Å². The lowest BCUT2D eigenvalue weighted by atomic mass is 10.0. The molecule has 25 heavy (non-hydrogen) atoms. The molecule has 0 radical (unpaired) electrons. The molecular weight excluding hydrogens is 314 g/mol. The van der Waals surface area contributed by atoms with E-state index < -0.39 is 5.97 Å². The van der Waals surface area contributed by atoms with Crippen molar-refractivity contribution in [2.45, 2.75) is 6.54 Å². The maximum Gasteiger partial charge on any atom is 0.356 e. The first-order chi connectivity index (χ1) is 12.2. The van der Waals surface area contributed by atoms with Gasteiger partial charge in [-0.2, -0.15) is 0 Å². The van der Waals surface area contributed by atoms with Crippen molar-refractivity contribution in [3.8, 4) is 5.75 Å². The van der Waals surface area contributed by atoms with Gasteiger partial charge in [-0.05, 0) is 28.5 Å². The first kappa shape index (κ1) is 15.3. The van der Waals surface area contributed by atoms with Gasteiger partial charge in [0, 0.05) is 11.9 Å². The molecule has 1 aromatic heterocycles. The van der Waals surface area contributed by atoms with E-state index in [0.29, 0.717) is 12.3 Å². The predicted molar refractivity (Wildman–Crippen MR) is 98.5 cm³/mol. The van der Waals surface area contributed by atoms with Crippen LogP contribution in [0.3, 0.4) is 0 Å². The van der Waals surface area contributed by atoms with E-state index in [2.05, 4.69) is 18.2 Å². The number of hydrogen-bond donors (Lipinski definition) is 1. The van der Waals surface area contributed by atoms with Crippen molar-refractivity contribution in [1.82, 2.24) is 4.57 Å². The second-order valence-corrected chi connectivity index (χ2v) is 5.93. The highest BCUT2D eigenvalue weighted by Crippen LogP contribution is 2.34. The van der Waals surface area contributed by atoms with Crippen molar-refractivity contribution >= 4 is 27.6 Å². The lowest BCUT2D eigenvalue weighted by molar-refractivity contribution is 0.0682. The smallest absolute Gasteiger partial charge is 0.356 e. The summed E-state index contributed by atoms with van der Waals surface area (Å²) < 4.78 is 7.24. The van der Waals surface area contributed by atoms with Crippen LogP contribution in [0.5, 0.6) is 5.75 Å². The van der Waals surface area contributed by atoms with Gasteiger partial charge < -0.3 is 14.4 Å². The highest BCUT2D eigenvalue weighted by atomic mass is 16.5. The molecule has 4 rings (SSSR count). The number of aromatic carboxylic acids is 1. The Kier molecular flexibility index (Phi) is 3.65. The number of nitrogens with zero attached hydrogens (tertiary/aromatic N) is 1. The van der Waals surface area contributed by atoms with E-state index in [-0.39, 0.29) is 5.69 Å². The number of fused-ring (bicyclic) bond motifs is 2. The van der Waals surface area contributed by atoms with E-state index in [4.69, 9.17) is 4.74 Å². The Bertz CT molecular complexity index is 1090. The normalized spacial score (nSPS) is 11.1. The van der Waals surface area contributed by atoms with Crippen LogP contribution >= 0.6 is 0 Å². The molecule has 4 heteroatoms. The summed E-state index contributed by atoms with van der Waals surface area (Å²) in [6, 6.07) is 21.8. The first-order valence-electron chi connectivity index (χ1n) is 8.06. The number of methoxy groups -OCH3 is 1. The number of benzene rings is 3. The summed E-state index contributed by atoms with van der Waals surface area (Å²) in [5.74, 6) is -0.586. The number of carbonyl (C=O) groups is 1. The van der Waals surface area contributed by atoms with E-state index in [9.17, 15) is 9.90 Å². The maximum atomic E-state index is 11.9. The van der Waals surface area contributed by atoms with Gasteiger partial charge in [0.1, 0.15) is 0 Å². The van der Waals surface area contributed by atoms with Gasteiger partial charge in [0.15, 0.2) is 11.4 Å². The summed E-state index contributed by atoms with van der Waals surface area (Å²) in [4.78, 5) is 11.9. The molecule has 0 fully saturated rings. The molecule has 0 spiro atoms. The van der Waals surface area contributed by atoms with Gasteiger partial charge in [-0.1, -0.05) is 54.6 Å². The van der Waals surface area contributed by atoms with Crippen LogP contribution in [-0.2, 0) is 6.54 Å². The Labute approximate surface area is 144 Å². The Hall–Kier alpha value is -3.27. The topological polar surface area (TPSA) is 51.5 Å². The summed E-state index contributed by atoms with van der Waals surface area (Å²) in [7, 11) is 1.51. The zero-order chi connectivity index (χ0) is 17.4. The van der Waals surface area contributed by atoms with E-state index in [1.54, 1.807) is 0 Å². The number of para-hydroxylation sites is 1. The number of carboxylic acids is 1. The van der Waals surface area contributed by atoms with Crippen LogP contribution in [0.4, 0.5) is 0 Å². The van der Waals surface area contributed by atoms with E-state index in [1.807, 2.05) is 53.1 Å². The average molecular weight is 331 g/mol. The molecule has 1 heterocycles. The Morgan fingerprint density at radius 1 is 0.960 bits per heavy atom. The number of ether oxygens (including phenoxy) is 1. The van der Waals surface area contributed by atoms with E-state index in [1.165, 1.54) is 7.11 Å². The monoisotopic (exact) mass is 331 g/mol. The van der Waals surface area contributed by atoms with Gasteiger partial charge in [0.05, 0.1) is 12.6 Å². The number of aromatic nitrogens is 1. The van der Waals surface area contributed by atoms with Crippen molar-refractivity contribution in [3.05, 3.63) is 78.0 Å². The summed E-state index contributed by atoms with van der Waals surface area (Å²) in [6.07, 6.45) is 0. The quantitative estimate of drug-likeness (QED) is 0.597. The minimum Gasteiger partial charge on any atom is -0.494 e.